The molecule has 2 atom stereocenters. The van der Waals surface area contributed by atoms with Crippen LogP contribution in [0.25, 0.3) is 0 Å². The van der Waals surface area contributed by atoms with Crippen molar-refractivity contribution in [3.05, 3.63) is 53.2 Å². The molecule has 224 valence electrons. The number of carbonyl (C=O) groups is 1. The van der Waals surface area contributed by atoms with Gasteiger partial charge in [0.1, 0.15) is 12.4 Å². The van der Waals surface area contributed by atoms with E-state index in [0.717, 1.165) is 24.9 Å². The molecular weight excluding hydrogens is 547 g/mol. The van der Waals surface area contributed by atoms with Crippen LogP contribution in [-0.2, 0) is 23.9 Å². The zero-order valence-electron chi connectivity index (χ0n) is 24.0. The van der Waals surface area contributed by atoms with E-state index in [0.29, 0.717) is 50.7 Å². The summed E-state index contributed by atoms with van der Waals surface area (Å²) in [5, 5.41) is 9.45. The average Bonchev–Trinajstić information content (AvgIpc) is 3.38. The lowest BCUT2D eigenvalue weighted by Crippen LogP contribution is -2.55. The first-order chi connectivity index (χ1) is 20.1. The number of hydrogen-bond acceptors (Lipinski definition) is 8. The van der Waals surface area contributed by atoms with E-state index in [-0.39, 0.29) is 48.2 Å². The predicted molar refractivity (Wildman–Crippen MR) is 152 cm³/mol. The molecular formula is C30H36F3N7O2. The zero-order chi connectivity index (χ0) is 30.0. The Balaban J connectivity index is 1.49. The summed E-state index contributed by atoms with van der Waals surface area (Å²) >= 11 is 0. The summed E-state index contributed by atoms with van der Waals surface area (Å²) in [6.07, 6.45) is -0.545. The molecule has 1 aromatic heterocycles. The molecule has 2 saturated heterocycles. The summed E-state index contributed by atoms with van der Waals surface area (Å²) in [6.45, 7) is 8.27. The third-order valence-electron chi connectivity index (χ3n) is 8.54. The summed E-state index contributed by atoms with van der Waals surface area (Å²) in [4.78, 5) is 29.7. The van der Waals surface area contributed by atoms with Crippen molar-refractivity contribution in [2.45, 2.75) is 57.4 Å². The van der Waals surface area contributed by atoms with Gasteiger partial charge in [0.25, 0.3) is 0 Å². The van der Waals surface area contributed by atoms with Gasteiger partial charge in [-0.05, 0) is 57.5 Å². The third-order valence-corrected chi connectivity index (χ3v) is 8.54. The molecule has 0 aliphatic carbocycles. The van der Waals surface area contributed by atoms with E-state index in [1.54, 1.807) is 15.9 Å². The van der Waals surface area contributed by atoms with Crippen molar-refractivity contribution in [3.63, 3.8) is 0 Å². The number of aryl methyl sites for hydroxylation is 1. The lowest BCUT2D eigenvalue weighted by molar-refractivity contribution is -0.137. The molecule has 1 aromatic carbocycles. The van der Waals surface area contributed by atoms with Crippen LogP contribution in [0.15, 0.2) is 30.9 Å². The van der Waals surface area contributed by atoms with Crippen LogP contribution < -0.4 is 14.5 Å². The molecule has 12 heteroatoms. The van der Waals surface area contributed by atoms with Gasteiger partial charge in [-0.2, -0.15) is 28.4 Å². The number of piperazine rings is 1. The van der Waals surface area contributed by atoms with Crippen molar-refractivity contribution in [3.8, 4) is 12.1 Å². The first-order valence-corrected chi connectivity index (χ1v) is 14.3. The maximum absolute atomic E-state index is 14.1. The number of rotatable bonds is 7. The Hall–Kier alpha value is -3.85. The first-order valence-electron chi connectivity index (χ1n) is 14.3. The molecule has 5 rings (SSSR count). The fourth-order valence-electron chi connectivity index (χ4n) is 6.30. The van der Waals surface area contributed by atoms with Crippen molar-refractivity contribution in [2.75, 3.05) is 56.2 Å². The van der Waals surface area contributed by atoms with Gasteiger partial charge in [-0.15, -0.1) is 0 Å². The minimum absolute atomic E-state index is 0.133. The Labute approximate surface area is 244 Å². The van der Waals surface area contributed by atoms with E-state index in [9.17, 15) is 23.2 Å². The number of benzene rings is 1. The fourth-order valence-corrected chi connectivity index (χ4v) is 6.30. The van der Waals surface area contributed by atoms with Crippen molar-refractivity contribution in [1.29, 1.82) is 5.26 Å². The van der Waals surface area contributed by atoms with Crippen LogP contribution in [0.1, 0.15) is 41.6 Å². The lowest BCUT2D eigenvalue weighted by Gasteiger charge is -2.42. The van der Waals surface area contributed by atoms with E-state index in [1.165, 1.54) is 25.1 Å². The van der Waals surface area contributed by atoms with E-state index in [4.69, 9.17) is 14.7 Å². The van der Waals surface area contributed by atoms with Gasteiger partial charge in [0.05, 0.1) is 36.3 Å². The van der Waals surface area contributed by atoms with E-state index >= 15 is 0 Å². The molecule has 0 N–H and O–H groups in total. The second-order valence-corrected chi connectivity index (χ2v) is 11.2. The van der Waals surface area contributed by atoms with Crippen LogP contribution in [-0.4, -0.2) is 84.1 Å². The molecule has 3 aliphatic heterocycles. The summed E-state index contributed by atoms with van der Waals surface area (Å²) in [7, 11) is 2.05. The van der Waals surface area contributed by atoms with Crippen LogP contribution in [0.4, 0.5) is 24.7 Å². The maximum Gasteiger partial charge on any atom is 0.418 e. The smallest absolute Gasteiger partial charge is 0.418 e. The Bertz CT molecular complexity index is 1380. The number of nitriles is 1. The molecule has 1 amide bonds. The normalized spacial score (nSPS) is 21.2. The number of ether oxygens (including phenoxy) is 1. The SMILES string of the molecule is C=CC(=O)N1CCN(c2nc(OC[C@H]3CCCN3C)nc3c2CCN(c2cccc(C)c2C(F)(F)F)C3)CC1CC#N. The highest BCUT2D eigenvalue weighted by atomic mass is 19.4. The highest BCUT2D eigenvalue weighted by molar-refractivity contribution is 5.87. The minimum atomic E-state index is -4.49. The highest BCUT2D eigenvalue weighted by Crippen LogP contribution is 2.41. The predicted octanol–water partition coefficient (Wildman–Crippen LogP) is 3.96. The highest BCUT2D eigenvalue weighted by Gasteiger charge is 2.38. The molecule has 9 nitrogen and oxygen atoms in total. The number of likely N-dealkylation sites (tertiary alicyclic amines) is 1. The second kappa shape index (κ2) is 12.2. The molecule has 2 fully saturated rings. The van der Waals surface area contributed by atoms with Gasteiger partial charge < -0.3 is 24.3 Å². The molecule has 3 aliphatic rings. The van der Waals surface area contributed by atoms with Crippen molar-refractivity contribution in [1.82, 2.24) is 19.8 Å². The number of nitrogens with zero attached hydrogens (tertiary/aromatic N) is 7. The second-order valence-electron chi connectivity index (χ2n) is 11.2. The number of aromatic nitrogens is 2. The number of anilines is 2. The molecule has 0 spiro atoms. The molecule has 42 heavy (non-hydrogen) atoms. The topological polar surface area (TPSA) is 88.8 Å². The van der Waals surface area contributed by atoms with Gasteiger partial charge in [0.15, 0.2) is 0 Å². The van der Waals surface area contributed by atoms with Crippen LogP contribution in [0.5, 0.6) is 6.01 Å². The van der Waals surface area contributed by atoms with Crippen molar-refractivity contribution < 1.29 is 22.7 Å². The number of hydrogen-bond donors (Lipinski definition) is 0. The number of halogens is 3. The summed E-state index contributed by atoms with van der Waals surface area (Å²) < 4.78 is 48.4. The Morgan fingerprint density at radius 3 is 2.69 bits per heavy atom. The van der Waals surface area contributed by atoms with Gasteiger partial charge in [-0.1, -0.05) is 18.7 Å². The Morgan fingerprint density at radius 2 is 2.00 bits per heavy atom. The number of amides is 1. The minimum Gasteiger partial charge on any atom is -0.462 e. The monoisotopic (exact) mass is 583 g/mol. The van der Waals surface area contributed by atoms with E-state index in [1.807, 2.05) is 4.90 Å². The van der Waals surface area contributed by atoms with Crippen molar-refractivity contribution in [2.24, 2.45) is 0 Å². The molecule has 0 saturated carbocycles. The molecule has 1 unspecified atom stereocenters. The van der Waals surface area contributed by atoms with Crippen LogP contribution in [0.3, 0.4) is 0 Å². The molecule has 4 heterocycles. The van der Waals surface area contributed by atoms with E-state index in [2.05, 4.69) is 24.6 Å². The number of fused-ring (bicyclic) bond motifs is 1. The maximum atomic E-state index is 14.1. The van der Waals surface area contributed by atoms with Gasteiger partial charge in [0, 0.05) is 43.5 Å². The van der Waals surface area contributed by atoms with Crippen molar-refractivity contribution >= 4 is 17.4 Å². The van der Waals surface area contributed by atoms with Gasteiger partial charge in [0.2, 0.25) is 5.91 Å². The van der Waals surface area contributed by atoms with Crippen LogP contribution in [0, 0.1) is 18.3 Å². The molecule has 2 aromatic rings. The van der Waals surface area contributed by atoms with Crippen LogP contribution in [0.2, 0.25) is 0 Å². The summed E-state index contributed by atoms with van der Waals surface area (Å²) in [6, 6.07) is 6.89. The van der Waals surface area contributed by atoms with Gasteiger partial charge >= 0.3 is 12.2 Å². The standard InChI is InChI=1S/C30H36F3N7O2/c1-4-26(41)40-16-15-39(17-21(40)10-12-34)28-23-11-14-38(25-9-5-7-20(2)27(25)30(31,32)33)18-24(23)35-29(36-28)42-19-22-8-6-13-37(22)3/h4-5,7,9,21-22H,1,6,8,10-11,13-19H2,2-3H3/t21?,22-/m1/s1. The molecule has 0 radical (unpaired) electrons. The van der Waals surface area contributed by atoms with Gasteiger partial charge in [-0.25, -0.2) is 0 Å². The summed E-state index contributed by atoms with van der Waals surface area (Å²) in [5.74, 6) is 0.432. The number of carbonyl (C=O) groups excluding carboxylic acids is 1. The Kier molecular flexibility index (Phi) is 8.59. The zero-order valence-corrected chi connectivity index (χ0v) is 24.0. The lowest BCUT2D eigenvalue weighted by atomic mass is 10.00. The Morgan fingerprint density at radius 1 is 1.19 bits per heavy atom. The fraction of sp³-hybridized carbons (Fsp3) is 0.533. The first kappa shape index (κ1) is 29.6. The average molecular weight is 584 g/mol. The number of alkyl halides is 3. The quantitative estimate of drug-likeness (QED) is 0.453. The largest absolute Gasteiger partial charge is 0.462 e. The third kappa shape index (κ3) is 6.02. The number of likely N-dealkylation sites (N-methyl/N-ethyl adjacent to an activating group) is 1. The summed E-state index contributed by atoms with van der Waals surface area (Å²) in [5.41, 5.74) is 1.16. The van der Waals surface area contributed by atoms with Gasteiger partial charge in [-0.3, -0.25) is 4.79 Å². The molecule has 0 bridgehead atoms. The van der Waals surface area contributed by atoms with Crippen LogP contribution >= 0.6 is 0 Å². The van der Waals surface area contributed by atoms with E-state index < -0.39 is 11.7 Å².